The predicted octanol–water partition coefficient (Wildman–Crippen LogP) is 3.83. The van der Waals surface area contributed by atoms with Crippen molar-refractivity contribution in [3.05, 3.63) is 58.9 Å². The first-order chi connectivity index (χ1) is 9.29. The minimum absolute atomic E-state index is 0.601. The van der Waals surface area contributed by atoms with Gasteiger partial charge < -0.3 is 9.72 Å². The standard InChI is InChI=1S/C15H14N2OS/c1-18-10-11-5-4-6-12(9-11)17-14-8-3-2-7-13(14)16-15(17)19/h2-9H,10H2,1H3,(H,16,19). The zero-order valence-corrected chi connectivity index (χ0v) is 11.4. The van der Waals surface area contributed by atoms with Crippen molar-refractivity contribution >= 4 is 23.3 Å². The van der Waals surface area contributed by atoms with E-state index in [0.717, 1.165) is 22.3 Å². The number of benzene rings is 2. The zero-order valence-electron chi connectivity index (χ0n) is 10.6. The fourth-order valence-corrected chi connectivity index (χ4v) is 2.58. The second-order valence-electron chi connectivity index (χ2n) is 4.39. The Hall–Kier alpha value is -1.91. The van der Waals surface area contributed by atoms with Crippen LogP contribution in [-0.4, -0.2) is 16.7 Å². The van der Waals surface area contributed by atoms with Crippen molar-refractivity contribution in [1.29, 1.82) is 0 Å². The van der Waals surface area contributed by atoms with E-state index >= 15 is 0 Å². The summed E-state index contributed by atoms with van der Waals surface area (Å²) in [6.45, 7) is 0.601. The van der Waals surface area contributed by atoms with Crippen molar-refractivity contribution in [1.82, 2.24) is 9.55 Å². The molecule has 0 spiro atoms. The third-order valence-electron chi connectivity index (χ3n) is 3.07. The minimum Gasteiger partial charge on any atom is -0.380 e. The van der Waals surface area contributed by atoms with Crippen LogP contribution in [0, 0.1) is 4.77 Å². The molecule has 1 N–H and O–H groups in total. The second kappa shape index (κ2) is 4.99. The van der Waals surface area contributed by atoms with Crippen molar-refractivity contribution in [2.75, 3.05) is 7.11 Å². The minimum atomic E-state index is 0.601. The quantitative estimate of drug-likeness (QED) is 0.733. The van der Waals surface area contributed by atoms with E-state index in [1.807, 2.05) is 34.9 Å². The first-order valence-corrected chi connectivity index (χ1v) is 6.48. The molecule has 1 aromatic heterocycles. The van der Waals surface area contributed by atoms with Gasteiger partial charge in [0.1, 0.15) is 0 Å². The number of para-hydroxylation sites is 2. The Morgan fingerprint density at radius 1 is 1.16 bits per heavy atom. The van der Waals surface area contributed by atoms with Gasteiger partial charge in [0, 0.05) is 12.8 Å². The van der Waals surface area contributed by atoms with Crippen LogP contribution in [-0.2, 0) is 11.3 Å². The van der Waals surface area contributed by atoms with Crippen LogP contribution in [0.15, 0.2) is 48.5 Å². The Bertz CT molecular complexity index is 773. The molecule has 0 unspecified atom stereocenters. The molecule has 19 heavy (non-hydrogen) atoms. The molecule has 4 heteroatoms. The number of nitrogens with one attached hydrogen (secondary N) is 1. The van der Waals surface area contributed by atoms with E-state index in [4.69, 9.17) is 17.0 Å². The fourth-order valence-electron chi connectivity index (χ4n) is 2.26. The van der Waals surface area contributed by atoms with Crippen LogP contribution in [0.5, 0.6) is 0 Å². The Balaban J connectivity index is 2.21. The summed E-state index contributed by atoms with van der Waals surface area (Å²) >= 11 is 5.42. The van der Waals surface area contributed by atoms with E-state index in [9.17, 15) is 0 Å². The average molecular weight is 270 g/mol. The van der Waals surface area contributed by atoms with Gasteiger partial charge in [0.05, 0.1) is 17.6 Å². The number of hydrogen-bond acceptors (Lipinski definition) is 2. The molecule has 0 amide bonds. The van der Waals surface area contributed by atoms with Crippen molar-refractivity contribution in [2.45, 2.75) is 6.61 Å². The third-order valence-corrected chi connectivity index (χ3v) is 3.35. The summed E-state index contributed by atoms with van der Waals surface area (Å²) in [4.78, 5) is 3.22. The third kappa shape index (κ3) is 2.20. The maximum absolute atomic E-state index is 5.42. The maximum Gasteiger partial charge on any atom is 0.182 e. The van der Waals surface area contributed by atoms with Crippen molar-refractivity contribution in [3.63, 3.8) is 0 Å². The molecule has 0 aliphatic carbocycles. The summed E-state index contributed by atoms with van der Waals surface area (Å²) in [5.74, 6) is 0. The van der Waals surface area contributed by atoms with E-state index in [-0.39, 0.29) is 0 Å². The van der Waals surface area contributed by atoms with Gasteiger partial charge in [-0.2, -0.15) is 0 Å². The molecule has 0 atom stereocenters. The lowest BCUT2D eigenvalue weighted by molar-refractivity contribution is 0.185. The molecule has 2 aromatic carbocycles. The highest BCUT2D eigenvalue weighted by Crippen LogP contribution is 2.20. The number of hydrogen-bond donors (Lipinski definition) is 1. The molecule has 0 saturated heterocycles. The lowest BCUT2D eigenvalue weighted by Gasteiger charge is -2.07. The predicted molar refractivity (Wildman–Crippen MR) is 79.2 cm³/mol. The Labute approximate surface area is 116 Å². The zero-order chi connectivity index (χ0) is 13.2. The van der Waals surface area contributed by atoms with Crippen LogP contribution in [0.1, 0.15) is 5.56 Å². The number of ether oxygens (including phenoxy) is 1. The molecule has 3 nitrogen and oxygen atoms in total. The monoisotopic (exact) mass is 270 g/mol. The molecule has 1 heterocycles. The summed E-state index contributed by atoms with van der Waals surface area (Å²) in [5, 5.41) is 0. The molecule has 96 valence electrons. The smallest absolute Gasteiger partial charge is 0.182 e. The van der Waals surface area contributed by atoms with E-state index < -0.39 is 0 Å². The summed E-state index contributed by atoms with van der Waals surface area (Å²) < 4.78 is 7.92. The SMILES string of the molecule is COCc1cccc(-n2c(=S)[nH]c3ccccc32)c1. The Morgan fingerprint density at radius 3 is 2.84 bits per heavy atom. The van der Waals surface area contributed by atoms with Crippen LogP contribution < -0.4 is 0 Å². The second-order valence-corrected chi connectivity index (χ2v) is 4.77. The van der Waals surface area contributed by atoms with Crippen LogP contribution in [0.2, 0.25) is 0 Å². The summed E-state index contributed by atoms with van der Waals surface area (Å²) in [6, 6.07) is 16.3. The van der Waals surface area contributed by atoms with Gasteiger partial charge in [0.15, 0.2) is 4.77 Å². The van der Waals surface area contributed by atoms with Gasteiger partial charge in [-0.3, -0.25) is 4.57 Å². The number of rotatable bonds is 3. The Kier molecular flexibility index (Phi) is 3.19. The number of methoxy groups -OCH3 is 1. The van der Waals surface area contributed by atoms with Crippen LogP contribution >= 0.6 is 12.2 Å². The van der Waals surface area contributed by atoms with Crippen molar-refractivity contribution in [2.24, 2.45) is 0 Å². The van der Waals surface area contributed by atoms with Crippen LogP contribution in [0.3, 0.4) is 0 Å². The lowest BCUT2D eigenvalue weighted by atomic mass is 10.2. The van der Waals surface area contributed by atoms with Gasteiger partial charge in [0.25, 0.3) is 0 Å². The molecule has 0 fully saturated rings. The van der Waals surface area contributed by atoms with Crippen LogP contribution in [0.4, 0.5) is 0 Å². The molecule has 0 saturated carbocycles. The highest BCUT2D eigenvalue weighted by molar-refractivity contribution is 7.71. The number of fused-ring (bicyclic) bond motifs is 1. The highest BCUT2D eigenvalue weighted by atomic mass is 32.1. The van der Waals surface area contributed by atoms with E-state index in [1.165, 1.54) is 0 Å². The van der Waals surface area contributed by atoms with Gasteiger partial charge in [-0.15, -0.1) is 0 Å². The van der Waals surface area contributed by atoms with E-state index in [1.54, 1.807) is 7.11 Å². The number of nitrogens with zero attached hydrogens (tertiary/aromatic N) is 1. The van der Waals surface area contributed by atoms with Gasteiger partial charge in [0.2, 0.25) is 0 Å². The first kappa shape index (κ1) is 12.1. The van der Waals surface area contributed by atoms with Crippen LogP contribution in [0.25, 0.3) is 16.7 Å². The average Bonchev–Trinajstić information content (AvgIpc) is 2.75. The molecular formula is C15H14N2OS. The largest absolute Gasteiger partial charge is 0.380 e. The Morgan fingerprint density at radius 2 is 2.00 bits per heavy atom. The molecule has 0 bridgehead atoms. The lowest BCUT2D eigenvalue weighted by Crippen LogP contribution is -1.96. The van der Waals surface area contributed by atoms with E-state index in [0.29, 0.717) is 11.4 Å². The fraction of sp³-hybridized carbons (Fsp3) is 0.133. The molecule has 3 aromatic rings. The summed E-state index contributed by atoms with van der Waals surface area (Å²) in [7, 11) is 1.70. The molecule has 0 radical (unpaired) electrons. The number of H-pyrrole nitrogens is 1. The number of aromatic amines is 1. The first-order valence-electron chi connectivity index (χ1n) is 6.07. The molecule has 0 aliphatic heterocycles. The number of imidazole rings is 1. The molecule has 0 aliphatic rings. The topological polar surface area (TPSA) is 29.9 Å². The summed E-state index contributed by atoms with van der Waals surface area (Å²) in [5.41, 5.74) is 4.32. The summed E-state index contributed by atoms with van der Waals surface area (Å²) in [6.07, 6.45) is 0. The van der Waals surface area contributed by atoms with Gasteiger partial charge in [-0.25, -0.2) is 0 Å². The van der Waals surface area contributed by atoms with Crippen molar-refractivity contribution in [3.8, 4) is 5.69 Å². The maximum atomic E-state index is 5.42. The normalized spacial score (nSPS) is 11.0. The van der Waals surface area contributed by atoms with Gasteiger partial charge in [-0.1, -0.05) is 24.3 Å². The molecular weight excluding hydrogens is 256 g/mol. The number of aromatic nitrogens is 2. The van der Waals surface area contributed by atoms with Gasteiger partial charge >= 0.3 is 0 Å². The van der Waals surface area contributed by atoms with Gasteiger partial charge in [-0.05, 0) is 42.0 Å². The molecule has 3 rings (SSSR count). The van der Waals surface area contributed by atoms with Crippen molar-refractivity contribution < 1.29 is 4.74 Å². The highest BCUT2D eigenvalue weighted by Gasteiger charge is 2.06. The van der Waals surface area contributed by atoms with E-state index in [2.05, 4.69) is 23.2 Å².